The van der Waals surface area contributed by atoms with Crippen LogP contribution in [0.5, 0.6) is 0 Å². The number of methoxy groups -OCH3 is 1. The molecule has 0 radical (unpaired) electrons. The van der Waals surface area contributed by atoms with Crippen LogP contribution in [0.1, 0.15) is 36.7 Å². The lowest BCUT2D eigenvalue weighted by Gasteiger charge is -2.23. The minimum absolute atomic E-state index is 0.0707. The first-order valence-electron chi connectivity index (χ1n) is 6.39. The Labute approximate surface area is 118 Å². The molecule has 0 saturated heterocycles. The van der Waals surface area contributed by atoms with Gasteiger partial charge in [-0.2, -0.15) is 0 Å². The van der Waals surface area contributed by atoms with Gasteiger partial charge in [0.1, 0.15) is 0 Å². The number of hydrogen-bond donors (Lipinski definition) is 2. The van der Waals surface area contributed by atoms with Crippen LogP contribution in [0.2, 0.25) is 0 Å². The highest BCUT2D eigenvalue weighted by molar-refractivity contribution is 5.98. The molecule has 1 aromatic rings. The van der Waals surface area contributed by atoms with Gasteiger partial charge in [-0.25, -0.2) is 4.79 Å². The Balaban J connectivity index is 3.01. The van der Waals surface area contributed by atoms with Crippen molar-refractivity contribution in [3.8, 4) is 0 Å². The SMILES string of the molecule is COCC(NC(=O)c1ccccc1C(C)(C)C)C(=O)O. The van der Waals surface area contributed by atoms with Gasteiger partial charge in [-0.3, -0.25) is 4.79 Å². The second-order valence-corrected chi connectivity index (χ2v) is 5.62. The van der Waals surface area contributed by atoms with Crippen LogP contribution in [0.4, 0.5) is 0 Å². The zero-order chi connectivity index (χ0) is 15.3. The second-order valence-electron chi connectivity index (χ2n) is 5.62. The summed E-state index contributed by atoms with van der Waals surface area (Å²) >= 11 is 0. The highest BCUT2D eigenvalue weighted by Crippen LogP contribution is 2.25. The average Bonchev–Trinajstić information content (AvgIpc) is 2.37. The Kier molecular flexibility index (Phi) is 5.27. The van der Waals surface area contributed by atoms with Crippen molar-refractivity contribution >= 4 is 11.9 Å². The van der Waals surface area contributed by atoms with Gasteiger partial charge >= 0.3 is 5.97 Å². The van der Waals surface area contributed by atoms with E-state index in [-0.39, 0.29) is 12.0 Å². The molecule has 5 heteroatoms. The van der Waals surface area contributed by atoms with Crippen molar-refractivity contribution < 1.29 is 19.4 Å². The number of aliphatic carboxylic acids is 1. The van der Waals surface area contributed by atoms with Gasteiger partial charge < -0.3 is 15.2 Å². The molecule has 0 fully saturated rings. The maximum atomic E-state index is 12.3. The van der Waals surface area contributed by atoms with Crippen LogP contribution >= 0.6 is 0 Å². The predicted octanol–water partition coefficient (Wildman–Crippen LogP) is 1.81. The Hall–Kier alpha value is -1.88. The molecule has 2 N–H and O–H groups in total. The van der Waals surface area contributed by atoms with Crippen LogP contribution in [0.15, 0.2) is 24.3 Å². The van der Waals surface area contributed by atoms with E-state index in [2.05, 4.69) is 5.32 Å². The quantitative estimate of drug-likeness (QED) is 0.862. The number of carbonyl (C=O) groups excluding carboxylic acids is 1. The highest BCUT2D eigenvalue weighted by atomic mass is 16.5. The van der Waals surface area contributed by atoms with Gasteiger partial charge in [-0.1, -0.05) is 39.0 Å². The van der Waals surface area contributed by atoms with Gasteiger partial charge in [0, 0.05) is 12.7 Å². The van der Waals surface area contributed by atoms with Crippen molar-refractivity contribution in [3.05, 3.63) is 35.4 Å². The number of carboxylic acid groups (broad SMARTS) is 1. The fourth-order valence-electron chi connectivity index (χ4n) is 1.91. The molecular formula is C15H21NO4. The molecule has 1 aromatic carbocycles. The Morgan fingerprint density at radius 1 is 1.30 bits per heavy atom. The molecule has 0 heterocycles. The summed E-state index contributed by atoms with van der Waals surface area (Å²) in [6, 6.07) is 6.14. The third kappa shape index (κ3) is 4.06. The lowest BCUT2D eigenvalue weighted by molar-refractivity contribution is -0.140. The van der Waals surface area contributed by atoms with Gasteiger partial charge in [0.2, 0.25) is 0 Å². The van der Waals surface area contributed by atoms with Crippen molar-refractivity contribution in [2.24, 2.45) is 0 Å². The van der Waals surface area contributed by atoms with Crippen LogP contribution in [0.3, 0.4) is 0 Å². The molecule has 0 spiro atoms. The molecule has 1 atom stereocenters. The molecule has 0 aliphatic heterocycles. The van der Waals surface area contributed by atoms with E-state index in [1.54, 1.807) is 12.1 Å². The van der Waals surface area contributed by atoms with Gasteiger partial charge in [0.15, 0.2) is 6.04 Å². The topological polar surface area (TPSA) is 75.6 Å². The Morgan fingerprint density at radius 3 is 2.40 bits per heavy atom. The molecule has 20 heavy (non-hydrogen) atoms. The number of amides is 1. The number of hydrogen-bond acceptors (Lipinski definition) is 3. The molecule has 5 nitrogen and oxygen atoms in total. The molecule has 1 rings (SSSR count). The summed E-state index contributed by atoms with van der Waals surface area (Å²) in [6.07, 6.45) is 0. The number of carbonyl (C=O) groups is 2. The standard InChI is InChI=1S/C15H21NO4/c1-15(2,3)11-8-6-5-7-10(11)13(17)16-12(9-20-4)14(18)19/h5-8,12H,9H2,1-4H3,(H,16,17)(H,18,19). The first kappa shape index (κ1) is 16.2. The molecular weight excluding hydrogens is 258 g/mol. The van der Waals surface area contributed by atoms with Crippen molar-refractivity contribution in [3.63, 3.8) is 0 Å². The first-order chi connectivity index (χ1) is 9.27. The molecule has 0 aliphatic carbocycles. The van der Waals surface area contributed by atoms with Crippen molar-refractivity contribution in [1.82, 2.24) is 5.32 Å². The maximum absolute atomic E-state index is 12.3. The number of carboxylic acids is 1. The van der Waals surface area contributed by atoms with Gasteiger partial charge in [0.05, 0.1) is 6.61 Å². The summed E-state index contributed by atoms with van der Waals surface area (Å²) in [5.41, 5.74) is 1.16. The van der Waals surface area contributed by atoms with E-state index in [1.165, 1.54) is 7.11 Å². The van der Waals surface area contributed by atoms with Crippen molar-refractivity contribution in [1.29, 1.82) is 0 Å². The lowest BCUT2D eigenvalue weighted by atomic mass is 9.83. The van der Waals surface area contributed by atoms with Gasteiger partial charge in [0.25, 0.3) is 5.91 Å². The summed E-state index contributed by atoms with van der Waals surface area (Å²) < 4.78 is 4.80. The fraction of sp³-hybridized carbons (Fsp3) is 0.467. The van der Waals surface area contributed by atoms with E-state index in [4.69, 9.17) is 9.84 Å². The van der Waals surface area contributed by atoms with E-state index in [9.17, 15) is 9.59 Å². The minimum Gasteiger partial charge on any atom is -0.480 e. The summed E-state index contributed by atoms with van der Waals surface area (Å²) in [6.45, 7) is 5.94. The van der Waals surface area contributed by atoms with E-state index < -0.39 is 17.9 Å². The monoisotopic (exact) mass is 279 g/mol. The number of benzene rings is 1. The smallest absolute Gasteiger partial charge is 0.328 e. The Morgan fingerprint density at radius 2 is 1.90 bits per heavy atom. The number of nitrogens with one attached hydrogen (secondary N) is 1. The zero-order valence-corrected chi connectivity index (χ0v) is 12.3. The van der Waals surface area contributed by atoms with E-state index in [0.29, 0.717) is 5.56 Å². The predicted molar refractivity (Wildman–Crippen MR) is 75.9 cm³/mol. The van der Waals surface area contributed by atoms with E-state index in [0.717, 1.165) is 5.56 Å². The van der Waals surface area contributed by atoms with Crippen LogP contribution in [-0.2, 0) is 14.9 Å². The van der Waals surface area contributed by atoms with Crippen LogP contribution in [0.25, 0.3) is 0 Å². The van der Waals surface area contributed by atoms with E-state index >= 15 is 0 Å². The maximum Gasteiger partial charge on any atom is 0.328 e. The van der Waals surface area contributed by atoms with Gasteiger partial charge in [-0.05, 0) is 17.0 Å². The fourth-order valence-corrected chi connectivity index (χ4v) is 1.91. The zero-order valence-electron chi connectivity index (χ0n) is 12.3. The van der Waals surface area contributed by atoms with Crippen LogP contribution in [0, 0.1) is 0 Å². The largest absolute Gasteiger partial charge is 0.480 e. The normalized spacial score (nSPS) is 12.8. The molecule has 1 amide bonds. The molecule has 0 aromatic heterocycles. The molecule has 1 unspecified atom stereocenters. The van der Waals surface area contributed by atoms with E-state index in [1.807, 2.05) is 32.9 Å². The van der Waals surface area contributed by atoms with Crippen molar-refractivity contribution in [2.75, 3.05) is 13.7 Å². The average molecular weight is 279 g/mol. The summed E-state index contributed by atoms with van der Waals surface area (Å²) in [4.78, 5) is 23.3. The van der Waals surface area contributed by atoms with Gasteiger partial charge in [-0.15, -0.1) is 0 Å². The summed E-state index contributed by atoms with van der Waals surface area (Å²) in [5.74, 6) is -1.52. The highest BCUT2D eigenvalue weighted by Gasteiger charge is 2.25. The first-order valence-corrected chi connectivity index (χ1v) is 6.39. The number of rotatable bonds is 5. The lowest BCUT2D eigenvalue weighted by Crippen LogP contribution is -2.44. The molecule has 0 saturated carbocycles. The Bertz CT molecular complexity index is 491. The summed E-state index contributed by atoms with van der Waals surface area (Å²) in [5, 5.41) is 11.5. The molecule has 0 bridgehead atoms. The molecule has 110 valence electrons. The third-order valence-electron chi connectivity index (χ3n) is 2.92. The van der Waals surface area contributed by atoms with Crippen LogP contribution < -0.4 is 5.32 Å². The second kappa shape index (κ2) is 6.52. The summed E-state index contributed by atoms with van der Waals surface area (Å²) in [7, 11) is 1.39. The number of ether oxygens (including phenoxy) is 1. The molecule has 0 aliphatic rings. The third-order valence-corrected chi connectivity index (χ3v) is 2.92. The van der Waals surface area contributed by atoms with Crippen LogP contribution in [-0.4, -0.2) is 36.7 Å². The minimum atomic E-state index is -1.12. The van der Waals surface area contributed by atoms with Crippen molar-refractivity contribution in [2.45, 2.75) is 32.2 Å².